The molecule has 0 fully saturated rings. The van der Waals surface area contributed by atoms with Crippen molar-refractivity contribution in [2.45, 2.75) is 26.7 Å². The molecule has 23 heavy (non-hydrogen) atoms. The van der Waals surface area contributed by atoms with E-state index in [1.54, 1.807) is 46.1 Å². The average Bonchev–Trinajstić information content (AvgIpc) is 2.55. The molecule has 0 aliphatic heterocycles. The minimum Gasteiger partial charge on any atom is -0.481 e. The predicted octanol–water partition coefficient (Wildman–Crippen LogP) is 2.01. The summed E-state index contributed by atoms with van der Waals surface area (Å²) in [5.41, 5.74) is -0.213. The quantitative estimate of drug-likeness (QED) is 0.804. The molecule has 0 heterocycles. The van der Waals surface area contributed by atoms with Gasteiger partial charge in [-0.3, -0.25) is 14.4 Å². The molecule has 2 amide bonds. The SMILES string of the molecule is CCC(CC)(CNC(=O)c1cccc(C(=O)N(C)C)c1)C(=O)O. The summed E-state index contributed by atoms with van der Waals surface area (Å²) in [4.78, 5) is 37.1. The van der Waals surface area contributed by atoms with Crippen LogP contribution in [0.25, 0.3) is 0 Å². The van der Waals surface area contributed by atoms with Gasteiger partial charge < -0.3 is 15.3 Å². The van der Waals surface area contributed by atoms with Crippen LogP contribution in [0.3, 0.4) is 0 Å². The molecule has 6 nitrogen and oxygen atoms in total. The Kier molecular flexibility index (Phi) is 6.30. The number of carboxylic acid groups (broad SMARTS) is 1. The van der Waals surface area contributed by atoms with Gasteiger partial charge in [-0.15, -0.1) is 0 Å². The van der Waals surface area contributed by atoms with Gasteiger partial charge in [0, 0.05) is 31.8 Å². The van der Waals surface area contributed by atoms with Crippen LogP contribution in [0.5, 0.6) is 0 Å². The summed E-state index contributed by atoms with van der Waals surface area (Å²) in [6, 6.07) is 6.38. The van der Waals surface area contributed by atoms with E-state index in [1.807, 2.05) is 0 Å². The van der Waals surface area contributed by atoms with E-state index in [2.05, 4.69) is 5.32 Å². The Bertz CT molecular complexity index is 592. The third-order valence-electron chi connectivity index (χ3n) is 4.17. The largest absolute Gasteiger partial charge is 0.481 e. The van der Waals surface area contributed by atoms with Crippen molar-refractivity contribution >= 4 is 17.8 Å². The van der Waals surface area contributed by atoms with E-state index in [4.69, 9.17) is 0 Å². The molecule has 0 unspecified atom stereocenters. The monoisotopic (exact) mass is 320 g/mol. The van der Waals surface area contributed by atoms with Crippen LogP contribution in [0.2, 0.25) is 0 Å². The van der Waals surface area contributed by atoms with Gasteiger partial charge in [-0.05, 0) is 31.0 Å². The van der Waals surface area contributed by atoms with Gasteiger partial charge in [0.2, 0.25) is 0 Å². The van der Waals surface area contributed by atoms with Crippen LogP contribution in [0.15, 0.2) is 24.3 Å². The lowest BCUT2D eigenvalue weighted by molar-refractivity contribution is -0.149. The number of hydrogen-bond acceptors (Lipinski definition) is 3. The lowest BCUT2D eigenvalue weighted by atomic mass is 9.82. The molecule has 0 saturated carbocycles. The zero-order valence-electron chi connectivity index (χ0n) is 14.0. The summed E-state index contributed by atoms with van der Waals surface area (Å²) in [6.45, 7) is 3.64. The second-order valence-corrected chi connectivity index (χ2v) is 5.76. The molecule has 0 aliphatic rings. The number of benzene rings is 1. The van der Waals surface area contributed by atoms with E-state index in [0.29, 0.717) is 24.0 Å². The highest BCUT2D eigenvalue weighted by Crippen LogP contribution is 2.25. The van der Waals surface area contributed by atoms with Gasteiger partial charge >= 0.3 is 5.97 Å². The number of aliphatic carboxylic acids is 1. The number of amides is 2. The number of nitrogens with zero attached hydrogens (tertiary/aromatic N) is 1. The van der Waals surface area contributed by atoms with E-state index in [1.165, 1.54) is 11.0 Å². The van der Waals surface area contributed by atoms with Crippen molar-refractivity contribution in [1.29, 1.82) is 0 Å². The number of carboxylic acids is 1. The van der Waals surface area contributed by atoms with Gasteiger partial charge in [-0.2, -0.15) is 0 Å². The molecule has 0 atom stereocenters. The van der Waals surface area contributed by atoms with Crippen LogP contribution in [-0.4, -0.2) is 48.4 Å². The van der Waals surface area contributed by atoms with Gasteiger partial charge in [0.05, 0.1) is 5.41 Å². The highest BCUT2D eigenvalue weighted by atomic mass is 16.4. The minimum absolute atomic E-state index is 0.0556. The van der Waals surface area contributed by atoms with Crippen LogP contribution in [-0.2, 0) is 4.79 Å². The van der Waals surface area contributed by atoms with Gasteiger partial charge in [0.1, 0.15) is 0 Å². The van der Waals surface area contributed by atoms with E-state index in [-0.39, 0.29) is 18.4 Å². The van der Waals surface area contributed by atoms with E-state index < -0.39 is 11.4 Å². The summed E-state index contributed by atoms with van der Waals surface area (Å²) in [7, 11) is 3.28. The van der Waals surface area contributed by atoms with Gasteiger partial charge in [-0.25, -0.2) is 0 Å². The molecular formula is C17H24N2O4. The maximum Gasteiger partial charge on any atom is 0.311 e. The predicted molar refractivity (Wildman–Crippen MR) is 87.4 cm³/mol. The lowest BCUT2D eigenvalue weighted by Crippen LogP contribution is -2.42. The van der Waals surface area contributed by atoms with Crippen molar-refractivity contribution in [2.75, 3.05) is 20.6 Å². The summed E-state index contributed by atoms with van der Waals surface area (Å²) < 4.78 is 0. The fraction of sp³-hybridized carbons (Fsp3) is 0.471. The molecule has 0 aromatic heterocycles. The Morgan fingerprint density at radius 3 is 2.17 bits per heavy atom. The van der Waals surface area contributed by atoms with Gasteiger partial charge in [-0.1, -0.05) is 19.9 Å². The molecule has 0 saturated heterocycles. The second-order valence-electron chi connectivity index (χ2n) is 5.76. The zero-order valence-corrected chi connectivity index (χ0v) is 14.0. The van der Waals surface area contributed by atoms with Crippen LogP contribution >= 0.6 is 0 Å². The van der Waals surface area contributed by atoms with Crippen molar-refractivity contribution in [3.05, 3.63) is 35.4 Å². The minimum atomic E-state index is -0.966. The number of rotatable bonds is 7. The fourth-order valence-corrected chi connectivity index (χ4v) is 2.28. The van der Waals surface area contributed by atoms with Crippen LogP contribution in [0.4, 0.5) is 0 Å². The first-order valence-electron chi connectivity index (χ1n) is 7.60. The van der Waals surface area contributed by atoms with Gasteiger partial charge in [0.15, 0.2) is 0 Å². The zero-order chi connectivity index (χ0) is 17.6. The Balaban J connectivity index is 2.89. The summed E-state index contributed by atoms with van der Waals surface area (Å²) >= 11 is 0. The second kappa shape index (κ2) is 7.76. The normalized spacial score (nSPS) is 11.0. The third kappa shape index (κ3) is 4.31. The maximum atomic E-state index is 12.3. The molecule has 6 heteroatoms. The first kappa shape index (κ1) is 18.7. The van der Waals surface area contributed by atoms with Gasteiger partial charge in [0.25, 0.3) is 11.8 Å². The number of carbonyl (C=O) groups excluding carboxylic acids is 2. The first-order chi connectivity index (χ1) is 10.8. The summed E-state index contributed by atoms with van der Waals surface area (Å²) in [5.74, 6) is -1.49. The van der Waals surface area contributed by atoms with Crippen molar-refractivity contribution in [1.82, 2.24) is 10.2 Å². The molecule has 1 aromatic carbocycles. The Hall–Kier alpha value is -2.37. The molecule has 0 aliphatic carbocycles. The van der Waals surface area contributed by atoms with Crippen molar-refractivity contribution < 1.29 is 19.5 Å². The number of hydrogen-bond donors (Lipinski definition) is 2. The van der Waals surface area contributed by atoms with Crippen LogP contribution in [0.1, 0.15) is 47.4 Å². The molecule has 0 bridgehead atoms. The summed E-state index contributed by atoms with van der Waals surface area (Å²) in [6.07, 6.45) is 0.858. The standard InChI is InChI=1S/C17H24N2O4/c1-5-17(6-2,16(22)23)11-18-14(20)12-8-7-9-13(10-12)15(21)19(3)4/h7-10H,5-6,11H2,1-4H3,(H,18,20)(H,22,23). The molecule has 126 valence electrons. The molecule has 0 spiro atoms. The van der Waals surface area contributed by atoms with Crippen molar-refractivity contribution in [3.8, 4) is 0 Å². The molecular weight excluding hydrogens is 296 g/mol. The highest BCUT2D eigenvalue weighted by Gasteiger charge is 2.35. The fourth-order valence-electron chi connectivity index (χ4n) is 2.28. The van der Waals surface area contributed by atoms with E-state index in [0.717, 1.165) is 0 Å². The molecule has 1 rings (SSSR count). The summed E-state index contributed by atoms with van der Waals surface area (Å²) in [5, 5.41) is 12.1. The maximum absolute atomic E-state index is 12.3. The highest BCUT2D eigenvalue weighted by molar-refractivity contribution is 5.99. The molecule has 2 N–H and O–H groups in total. The third-order valence-corrected chi connectivity index (χ3v) is 4.17. The van der Waals surface area contributed by atoms with Crippen LogP contribution in [0, 0.1) is 5.41 Å². The first-order valence-corrected chi connectivity index (χ1v) is 7.60. The molecule has 0 radical (unpaired) electrons. The Morgan fingerprint density at radius 2 is 1.70 bits per heavy atom. The Morgan fingerprint density at radius 1 is 1.13 bits per heavy atom. The van der Waals surface area contributed by atoms with Crippen molar-refractivity contribution in [3.63, 3.8) is 0 Å². The average molecular weight is 320 g/mol. The number of carbonyl (C=O) groups is 3. The number of nitrogens with one attached hydrogen (secondary N) is 1. The Labute approximate surface area is 136 Å². The van der Waals surface area contributed by atoms with E-state index >= 15 is 0 Å². The van der Waals surface area contributed by atoms with Crippen LogP contribution < -0.4 is 5.32 Å². The van der Waals surface area contributed by atoms with Crippen molar-refractivity contribution in [2.24, 2.45) is 5.41 Å². The topological polar surface area (TPSA) is 86.7 Å². The lowest BCUT2D eigenvalue weighted by Gasteiger charge is -2.26. The smallest absolute Gasteiger partial charge is 0.311 e. The van der Waals surface area contributed by atoms with E-state index in [9.17, 15) is 19.5 Å². The molecule has 1 aromatic rings.